The number of carbonyl (C=O) groups is 1. The fourth-order valence-corrected chi connectivity index (χ4v) is 4.05. The van der Waals surface area contributed by atoms with Crippen LogP contribution in [0.15, 0.2) is 42.9 Å². The number of benzene rings is 1. The molecule has 136 valence electrons. The Balaban J connectivity index is 1.74. The second-order valence-electron chi connectivity index (χ2n) is 6.18. The second-order valence-corrected chi connectivity index (χ2v) is 7.18. The molecule has 8 heteroatoms. The molecular formula is C19H17N5O2S. The first kappa shape index (κ1) is 17.2. The smallest absolute Gasteiger partial charge is 0.346 e. The highest BCUT2D eigenvalue weighted by molar-refractivity contribution is 7.20. The van der Waals surface area contributed by atoms with Gasteiger partial charge in [-0.25, -0.2) is 14.8 Å². The van der Waals surface area contributed by atoms with Crippen molar-refractivity contribution in [2.24, 2.45) is 7.05 Å². The van der Waals surface area contributed by atoms with Crippen LogP contribution in [-0.2, 0) is 13.5 Å². The molecule has 0 saturated heterocycles. The first-order chi connectivity index (χ1) is 13.0. The van der Waals surface area contributed by atoms with Crippen molar-refractivity contribution in [1.29, 1.82) is 0 Å². The van der Waals surface area contributed by atoms with Crippen LogP contribution in [-0.4, -0.2) is 30.8 Å². The maximum absolute atomic E-state index is 11.5. The Kier molecular flexibility index (Phi) is 4.33. The monoisotopic (exact) mass is 379 g/mol. The Bertz CT molecular complexity index is 1130. The molecule has 3 heterocycles. The van der Waals surface area contributed by atoms with E-state index in [0.29, 0.717) is 16.2 Å². The molecule has 0 amide bonds. The van der Waals surface area contributed by atoms with Gasteiger partial charge in [0, 0.05) is 13.5 Å². The standard InChI is InChI=1S/C19H17N5O2S/c1-11-15-17(20-10-21-18(15)27-16(11)19(25)26)23-13-9-22-24(2)14(13)8-12-6-4-3-5-7-12/h3-7,9-10H,8H2,1-2H3,(H,25,26)(H,20,21,23). The number of nitrogens with zero attached hydrogens (tertiary/aromatic N) is 4. The van der Waals surface area contributed by atoms with E-state index in [1.165, 1.54) is 11.9 Å². The lowest BCUT2D eigenvalue weighted by Gasteiger charge is -2.09. The van der Waals surface area contributed by atoms with Crippen LogP contribution in [0, 0.1) is 6.92 Å². The van der Waals surface area contributed by atoms with Crippen molar-refractivity contribution in [2.45, 2.75) is 13.3 Å². The average molecular weight is 379 g/mol. The third-order valence-corrected chi connectivity index (χ3v) is 5.64. The van der Waals surface area contributed by atoms with Gasteiger partial charge in [0.2, 0.25) is 0 Å². The zero-order valence-corrected chi connectivity index (χ0v) is 15.6. The van der Waals surface area contributed by atoms with E-state index in [1.807, 2.05) is 29.9 Å². The molecule has 0 aliphatic rings. The number of aryl methyl sites for hydroxylation is 2. The maximum atomic E-state index is 11.5. The van der Waals surface area contributed by atoms with Gasteiger partial charge in [0.1, 0.15) is 21.9 Å². The molecular weight excluding hydrogens is 362 g/mol. The molecule has 0 bridgehead atoms. The summed E-state index contributed by atoms with van der Waals surface area (Å²) in [5.74, 6) is -0.365. The molecule has 0 aliphatic heterocycles. The molecule has 7 nitrogen and oxygen atoms in total. The van der Waals surface area contributed by atoms with E-state index in [-0.39, 0.29) is 4.88 Å². The number of carboxylic acids is 1. The highest BCUT2D eigenvalue weighted by atomic mass is 32.1. The summed E-state index contributed by atoms with van der Waals surface area (Å²) < 4.78 is 1.83. The Morgan fingerprint density at radius 2 is 2.04 bits per heavy atom. The van der Waals surface area contributed by atoms with E-state index in [0.717, 1.165) is 34.5 Å². The van der Waals surface area contributed by atoms with Gasteiger partial charge in [-0.15, -0.1) is 11.3 Å². The molecule has 4 aromatic rings. The number of aromatic carboxylic acids is 1. The van der Waals surface area contributed by atoms with Crippen LogP contribution in [0.2, 0.25) is 0 Å². The molecule has 0 fully saturated rings. The lowest BCUT2D eigenvalue weighted by Crippen LogP contribution is -2.03. The predicted octanol–water partition coefficient (Wildman–Crippen LogP) is 3.77. The van der Waals surface area contributed by atoms with Crippen molar-refractivity contribution in [3.8, 4) is 0 Å². The number of hydrogen-bond donors (Lipinski definition) is 2. The first-order valence-electron chi connectivity index (χ1n) is 8.34. The number of hydrogen-bond acceptors (Lipinski definition) is 6. The van der Waals surface area contributed by atoms with Crippen molar-refractivity contribution in [1.82, 2.24) is 19.7 Å². The molecule has 0 atom stereocenters. The van der Waals surface area contributed by atoms with Crippen LogP contribution in [0.3, 0.4) is 0 Å². The van der Waals surface area contributed by atoms with Crippen LogP contribution < -0.4 is 5.32 Å². The Hall–Kier alpha value is -3.26. The van der Waals surface area contributed by atoms with Gasteiger partial charge in [0.15, 0.2) is 0 Å². The van der Waals surface area contributed by atoms with Crippen molar-refractivity contribution in [3.63, 3.8) is 0 Å². The van der Waals surface area contributed by atoms with Crippen molar-refractivity contribution < 1.29 is 9.90 Å². The molecule has 0 unspecified atom stereocenters. The number of carboxylic acid groups (broad SMARTS) is 1. The number of fused-ring (bicyclic) bond motifs is 1. The molecule has 0 radical (unpaired) electrons. The largest absolute Gasteiger partial charge is 0.477 e. The first-order valence-corrected chi connectivity index (χ1v) is 9.15. The quantitative estimate of drug-likeness (QED) is 0.548. The minimum Gasteiger partial charge on any atom is -0.477 e. The summed E-state index contributed by atoms with van der Waals surface area (Å²) in [5.41, 5.74) is 3.69. The average Bonchev–Trinajstić information content (AvgIpc) is 3.18. The fourth-order valence-electron chi connectivity index (χ4n) is 3.06. The summed E-state index contributed by atoms with van der Waals surface area (Å²) in [6, 6.07) is 10.1. The minimum atomic E-state index is -0.951. The third kappa shape index (κ3) is 3.15. The number of anilines is 2. The number of thiophene rings is 1. The number of nitrogens with one attached hydrogen (secondary N) is 1. The molecule has 4 rings (SSSR count). The topological polar surface area (TPSA) is 92.9 Å². The van der Waals surface area contributed by atoms with Gasteiger partial charge in [-0.05, 0) is 18.1 Å². The number of rotatable bonds is 5. The SMILES string of the molecule is Cc1c(C(=O)O)sc2ncnc(Nc3cnn(C)c3Cc3ccccc3)c12. The zero-order chi connectivity index (χ0) is 19.0. The van der Waals surface area contributed by atoms with Gasteiger partial charge in [0.05, 0.1) is 23.0 Å². The molecule has 0 aliphatic carbocycles. The van der Waals surface area contributed by atoms with E-state index in [1.54, 1.807) is 13.1 Å². The van der Waals surface area contributed by atoms with E-state index in [4.69, 9.17) is 0 Å². The van der Waals surface area contributed by atoms with E-state index in [9.17, 15) is 9.90 Å². The lowest BCUT2D eigenvalue weighted by molar-refractivity contribution is 0.0701. The Morgan fingerprint density at radius 1 is 1.26 bits per heavy atom. The lowest BCUT2D eigenvalue weighted by atomic mass is 10.1. The van der Waals surface area contributed by atoms with Gasteiger partial charge in [-0.3, -0.25) is 4.68 Å². The maximum Gasteiger partial charge on any atom is 0.346 e. The Labute approximate surface area is 159 Å². The van der Waals surface area contributed by atoms with Crippen LogP contribution in [0.1, 0.15) is 26.5 Å². The minimum absolute atomic E-state index is 0.282. The second kappa shape index (κ2) is 6.81. The zero-order valence-electron chi connectivity index (χ0n) is 14.8. The summed E-state index contributed by atoms with van der Waals surface area (Å²) in [7, 11) is 1.90. The summed E-state index contributed by atoms with van der Waals surface area (Å²) in [4.78, 5) is 21.0. The highest BCUT2D eigenvalue weighted by Crippen LogP contribution is 2.35. The molecule has 0 saturated carbocycles. The van der Waals surface area contributed by atoms with Crippen LogP contribution in [0.4, 0.5) is 11.5 Å². The van der Waals surface area contributed by atoms with Crippen LogP contribution in [0.5, 0.6) is 0 Å². The van der Waals surface area contributed by atoms with Gasteiger partial charge in [-0.2, -0.15) is 5.10 Å². The van der Waals surface area contributed by atoms with E-state index in [2.05, 4.69) is 32.5 Å². The predicted molar refractivity (Wildman–Crippen MR) is 105 cm³/mol. The molecule has 3 aromatic heterocycles. The van der Waals surface area contributed by atoms with Gasteiger partial charge in [-0.1, -0.05) is 30.3 Å². The summed E-state index contributed by atoms with van der Waals surface area (Å²) in [6.45, 7) is 1.78. The highest BCUT2D eigenvalue weighted by Gasteiger charge is 2.20. The molecule has 0 spiro atoms. The normalized spacial score (nSPS) is 11.0. The summed E-state index contributed by atoms with van der Waals surface area (Å²) in [6.07, 6.45) is 3.92. The Morgan fingerprint density at radius 3 is 2.78 bits per heavy atom. The molecule has 2 N–H and O–H groups in total. The van der Waals surface area contributed by atoms with Crippen molar-refractivity contribution in [3.05, 3.63) is 64.6 Å². The van der Waals surface area contributed by atoms with Gasteiger partial charge in [0.25, 0.3) is 0 Å². The fraction of sp³-hybridized carbons (Fsp3) is 0.158. The molecule has 27 heavy (non-hydrogen) atoms. The number of aromatic nitrogens is 4. The summed E-state index contributed by atoms with van der Waals surface area (Å²) in [5, 5.41) is 17.8. The van der Waals surface area contributed by atoms with Crippen molar-refractivity contribution >= 4 is 39.0 Å². The van der Waals surface area contributed by atoms with Crippen LogP contribution >= 0.6 is 11.3 Å². The third-order valence-electron chi connectivity index (χ3n) is 4.45. The van der Waals surface area contributed by atoms with Gasteiger partial charge >= 0.3 is 5.97 Å². The summed E-state index contributed by atoms with van der Waals surface area (Å²) >= 11 is 1.16. The van der Waals surface area contributed by atoms with E-state index >= 15 is 0 Å². The van der Waals surface area contributed by atoms with Gasteiger partial charge < -0.3 is 10.4 Å². The van der Waals surface area contributed by atoms with Crippen molar-refractivity contribution in [2.75, 3.05) is 5.32 Å². The van der Waals surface area contributed by atoms with Crippen LogP contribution in [0.25, 0.3) is 10.2 Å². The molecule has 1 aromatic carbocycles. The van der Waals surface area contributed by atoms with E-state index < -0.39 is 5.97 Å².